The zero-order chi connectivity index (χ0) is 12.3. The molecule has 0 radical (unpaired) electrons. The standard InChI is InChI=1S/C12H13BrN2OS/c1-15-7-9(6-14-15)12(16)8-17-11-4-2-10(13)3-5-11/h2-7,12,16H,8H2,1H3. The number of aryl methyl sites for hydroxylation is 1. The quantitative estimate of drug-likeness (QED) is 0.882. The van der Waals surface area contributed by atoms with E-state index in [4.69, 9.17) is 0 Å². The lowest BCUT2D eigenvalue weighted by molar-refractivity contribution is 0.204. The lowest BCUT2D eigenvalue weighted by atomic mass is 10.2. The van der Waals surface area contributed by atoms with E-state index >= 15 is 0 Å². The highest BCUT2D eigenvalue weighted by Gasteiger charge is 2.09. The molecule has 1 N–H and O–H groups in total. The van der Waals surface area contributed by atoms with Gasteiger partial charge < -0.3 is 5.11 Å². The average molecular weight is 313 g/mol. The van der Waals surface area contributed by atoms with E-state index in [9.17, 15) is 5.11 Å². The van der Waals surface area contributed by atoms with Crippen molar-refractivity contribution in [2.75, 3.05) is 5.75 Å². The van der Waals surface area contributed by atoms with Gasteiger partial charge in [0.1, 0.15) is 0 Å². The van der Waals surface area contributed by atoms with E-state index in [0.717, 1.165) is 14.9 Å². The molecule has 1 heterocycles. The van der Waals surface area contributed by atoms with Crippen LogP contribution in [0, 0.1) is 0 Å². The summed E-state index contributed by atoms with van der Waals surface area (Å²) in [4.78, 5) is 1.15. The second-order valence-corrected chi connectivity index (χ2v) is 5.74. The molecule has 0 fully saturated rings. The predicted octanol–water partition coefficient (Wildman–Crippen LogP) is 3.01. The van der Waals surface area contributed by atoms with Gasteiger partial charge in [-0.05, 0) is 24.3 Å². The molecule has 17 heavy (non-hydrogen) atoms. The maximum absolute atomic E-state index is 9.97. The molecule has 3 nitrogen and oxygen atoms in total. The Morgan fingerprint density at radius 1 is 1.41 bits per heavy atom. The van der Waals surface area contributed by atoms with Crippen LogP contribution in [0.5, 0.6) is 0 Å². The Hall–Kier alpha value is -0.780. The van der Waals surface area contributed by atoms with Crippen LogP contribution in [0.2, 0.25) is 0 Å². The summed E-state index contributed by atoms with van der Waals surface area (Å²) in [7, 11) is 1.85. The van der Waals surface area contributed by atoms with Crippen molar-refractivity contribution in [2.24, 2.45) is 7.05 Å². The number of thioether (sulfide) groups is 1. The van der Waals surface area contributed by atoms with Crippen LogP contribution >= 0.6 is 27.7 Å². The first-order chi connectivity index (χ1) is 8.15. The zero-order valence-electron chi connectivity index (χ0n) is 9.38. The maximum atomic E-state index is 9.97. The summed E-state index contributed by atoms with van der Waals surface area (Å²) in [6.45, 7) is 0. The molecule has 0 bridgehead atoms. The van der Waals surface area contributed by atoms with Gasteiger partial charge in [0.2, 0.25) is 0 Å². The second kappa shape index (κ2) is 5.71. The van der Waals surface area contributed by atoms with Crippen molar-refractivity contribution in [3.63, 3.8) is 0 Å². The molecule has 0 aliphatic heterocycles. The number of nitrogens with zero attached hydrogens (tertiary/aromatic N) is 2. The molecule has 1 aromatic heterocycles. The molecule has 0 amide bonds. The van der Waals surface area contributed by atoms with E-state index < -0.39 is 6.10 Å². The van der Waals surface area contributed by atoms with Gasteiger partial charge in [-0.2, -0.15) is 5.10 Å². The first-order valence-electron chi connectivity index (χ1n) is 5.20. The Balaban J connectivity index is 1.92. The van der Waals surface area contributed by atoms with Gasteiger partial charge in [0, 0.05) is 33.9 Å². The molecule has 0 saturated heterocycles. The molecular weight excluding hydrogens is 300 g/mol. The highest BCUT2D eigenvalue weighted by Crippen LogP contribution is 2.25. The Morgan fingerprint density at radius 3 is 2.71 bits per heavy atom. The molecular formula is C12H13BrN2OS. The smallest absolute Gasteiger partial charge is 0.0914 e. The highest BCUT2D eigenvalue weighted by molar-refractivity contribution is 9.10. The number of halogens is 1. The van der Waals surface area contributed by atoms with Gasteiger partial charge in [0.25, 0.3) is 0 Å². The van der Waals surface area contributed by atoms with Crippen molar-refractivity contribution in [1.29, 1.82) is 0 Å². The van der Waals surface area contributed by atoms with Gasteiger partial charge in [-0.3, -0.25) is 4.68 Å². The summed E-state index contributed by atoms with van der Waals surface area (Å²) >= 11 is 5.03. The molecule has 0 saturated carbocycles. The van der Waals surface area contributed by atoms with Crippen molar-refractivity contribution in [2.45, 2.75) is 11.0 Å². The Bertz CT molecular complexity index is 484. The van der Waals surface area contributed by atoms with Crippen molar-refractivity contribution in [3.05, 3.63) is 46.7 Å². The Kier molecular flexibility index (Phi) is 4.25. The van der Waals surface area contributed by atoms with Crippen LogP contribution in [0.3, 0.4) is 0 Å². The molecule has 2 rings (SSSR count). The number of benzene rings is 1. The maximum Gasteiger partial charge on any atom is 0.0914 e. The third-order valence-corrected chi connectivity index (χ3v) is 3.95. The van der Waals surface area contributed by atoms with Crippen molar-refractivity contribution >= 4 is 27.7 Å². The number of hydrogen-bond acceptors (Lipinski definition) is 3. The predicted molar refractivity (Wildman–Crippen MR) is 73.0 cm³/mol. The summed E-state index contributed by atoms with van der Waals surface area (Å²) in [5.41, 5.74) is 0.858. The van der Waals surface area contributed by atoms with E-state index in [-0.39, 0.29) is 0 Å². The summed E-state index contributed by atoms with van der Waals surface area (Å²) in [6.07, 6.45) is 3.07. The summed E-state index contributed by atoms with van der Waals surface area (Å²) in [5, 5.41) is 14.0. The normalized spacial score (nSPS) is 12.6. The largest absolute Gasteiger partial charge is 0.387 e. The van der Waals surface area contributed by atoms with Crippen LogP contribution < -0.4 is 0 Å². The van der Waals surface area contributed by atoms with Crippen molar-refractivity contribution < 1.29 is 5.11 Å². The minimum Gasteiger partial charge on any atom is -0.387 e. The number of aliphatic hydroxyl groups excluding tert-OH is 1. The first kappa shape index (κ1) is 12.7. The SMILES string of the molecule is Cn1cc(C(O)CSc2ccc(Br)cc2)cn1. The summed E-state index contributed by atoms with van der Waals surface area (Å²) in [6, 6.07) is 8.06. The molecule has 2 aromatic rings. The third kappa shape index (κ3) is 3.59. The van der Waals surface area contributed by atoms with Gasteiger partial charge in [-0.1, -0.05) is 15.9 Å². The van der Waals surface area contributed by atoms with Crippen molar-refractivity contribution in [1.82, 2.24) is 9.78 Å². The average Bonchev–Trinajstić information content (AvgIpc) is 2.75. The molecule has 1 unspecified atom stereocenters. The highest BCUT2D eigenvalue weighted by atomic mass is 79.9. The number of aromatic nitrogens is 2. The minimum atomic E-state index is -0.475. The fourth-order valence-corrected chi connectivity index (χ4v) is 2.55. The third-order valence-electron chi connectivity index (χ3n) is 2.33. The number of hydrogen-bond donors (Lipinski definition) is 1. The lowest BCUT2D eigenvalue weighted by Gasteiger charge is -2.07. The second-order valence-electron chi connectivity index (χ2n) is 3.73. The van der Waals surface area contributed by atoms with Crippen LogP contribution in [0.25, 0.3) is 0 Å². The van der Waals surface area contributed by atoms with Gasteiger partial charge in [-0.15, -0.1) is 11.8 Å². The van der Waals surface area contributed by atoms with Crippen molar-refractivity contribution in [3.8, 4) is 0 Å². The van der Waals surface area contributed by atoms with Crippen LogP contribution in [-0.4, -0.2) is 20.6 Å². The zero-order valence-corrected chi connectivity index (χ0v) is 11.8. The molecule has 0 aliphatic rings. The summed E-state index contributed by atoms with van der Waals surface area (Å²) < 4.78 is 2.76. The lowest BCUT2D eigenvalue weighted by Crippen LogP contribution is -1.99. The van der Waals surface area contributed by atoms with Gasteiger partial charge >= 0.3 is 0 Å². The van der Waals surface area contributed by atoms with Gasteiger partial charge in [-0.25, -0.2) is 0 Å². The number of rotatable bonds is 4. The molecule has 0 spiro atoms. The van der Waals surface area contributed by atoms with E-state index in [1.807, 2.05) is 37.5 Å². The van der Waals surface area contributed by atoms with Gasteiger partial charge in [0.05, 0.1) is 12.3 Å². The molecule has 0 aliphatic carbocycles. The summed E-state index contributed by atoms with van der Waals surface area (Å²) in [5.74, 6) is 0.632. The molecule has 1 atom stereocenters. The van der Waals surface area contributed by atoms with E-state index in [0.29, 0.717) is 5.75 Å². The Labute approximate surface area is 113 Å². The minimum absolute atomic E-state index is 0.475. The van der Waals surface area contributed by atoms with Crippen LogP contribution in [-0.2, 0) is 7.05 Å². The van der Waals surface area contributed by atoms with Gasteiger partial charge in [0.15, 0.2) is 0 Å². The fraction of sp³-hybridized carbons (Fsp3) is 0.250. The van der Waals surface area contributed by atoms with Crippen LogP contribution in [0.15, 0.2) is 46.0 Å². The van der Waals surface area contributed by atoms with E-state index in [2.05, 4.69) is 21.0 Å². The van der Waals surface area contributed by atoms with E-state index in [1.165, 1.54) is 0 Å². The fourth-order valence-electron chi connectivity index (χ4n) is 1.41. The number of aliphatic hydroxyl groups is 1. The Morgan fingerprint density at radius 2 is 2.12 bits per heavy atom. The van der Waals surface area contributed by atoms with E-state index in [1.54, 1.807) is 22.6 Å². The molecule has 1 aromatic carbocycles. The molecule has 5 heteroatoms. The topological polar surface area (TPSA) is 38.0 Å². The van der Waals surface area contributed by atoms with Crippen LogP contribution in [0.4, 0.5) is 0 Å². The first-order valence-corrected chi connectivity index (χ1v) is 6.98. The monoisotopic (exact) mass is 312 g/mol. The molecule has 90 valence electrons. The van der Waals surface area contributed by atoms with Crippen LogP contribution in [0.1, 0.15) is 11.7 Å².